The van der Waals surface area contributed by atoms with Crippen LogP contribution in [0.15, 0.2) is 29.2 Å². The zero-order chi connectivity index (χ0) is 14.0. The van der Waals surface area contributed by atoms with E-state index in [-0.39, 0.29) is 16.3 Å². The number of hydrogen-bond acceptors (Lipinski definition) is 6. The maximum atomic E-state index is 12.2. The van der Waals surface area contributed by atoms with E-state index >= 15 is 0 Å². The Bertz CT molecular complexity index is 723. The summed E-state index contributed by atoms with van der Waals surface area (Å²) < 4.78 is 24.3. The van der Waals surface area contributed by atoms with Crippen LogP contribution < -0.4 is 0 Å². The summed E-state index contributed by atoms with van der Waals surface area (Å²) in [7, 11) is -2.33. The summed E-state index contributed by atoms with van der Waals surface area (Å²) in [5.74, 6) is -1.78. The van der Waals surface area contributed by atoms with Crippen molar-refractivity contribution in [2.24, 2.45) is 7.05 Å². The second-order valence-electron chi connectivity index (χ2n) is 3.76. The summed E-state index contributed by atoms with van der Waals surface area (Å²) >= 11 is 0. The Morgan fingerprint density at radius 1 is 1.37 bits per heavy atom. The van der Waals surface area contributed by atoms with Gasteiger partial charge in [0.15, 0.2) is 15.7 Å². The van der Waals surface area contributed by atoms with Gasteiger partial charge in [-0.05, 0) is 17.3 Å². The number of aryl methyl sites for hydroxylation is 1. The second-order valence-corrected chi connectivity index (χ2v) is 5.71. The summed E-state index contributed by atoms with van der Waals surface area (Å²) in [5.41, 5.74) is -0.272. The SMILES string of the molecule is Cn1nnc(CS(=O)(=O)c2ccccc2C(=O)O)n1. The second kappa shape index (κ2) is 4.76. The average molecular weight is 282 g/mol. The summed E-state index contributed by atoms with van der Waals surface area (Å²) in [4.78, 5) is 11.9. The number of sulfone groups is 1. The van der Waals surface area contributed by atoms with Crippen molar-refractivity contribution in [1.29, 1.82) is 0 Å². The van der Waals surface area contributed by atoms with Crippen molar-refractivity contribution in [2.75, 3.05) is 0 Å². The number of rotatable bonds is 4. The molecule has 0 aliphatic rings. The van der Waals surface area contributed by atoms with Crippen LogP contribution in [0.2, 0.25) is 0 Å². The molecule has 1 aromatic heterocycles. The van der Waals surface area contributed by atoms with E-state index in [4.69, 9.17) is 5.11 Å². The quantitative estimate of drug-likeness (QED) is 0.831. The third kappa shape index (κ3) is 2.76. The van der Waals surface area contributed by atoms with Crippen LogP contribution in [0.25, 0.3) is 0 Å². The van der Waals surface area contributed by atoms with Crippen LogP contribution in [-0.2, 0) is 22.6 Å². The van der Waals surface area contributed by atoms with Crippen molar-refractivity contribution in [2.45, 2.75) is 10.6 Å². The minimum absolute atomic E-state index is 0.0164. The summed E-state index contributed by atoms with van der Waals surface area (Å²) in [6.45, 7) is 0. The molecule has 0 aliphatic carbocycles. The van der Waals surface area contributed by atoms with E-state index in [9.17, 15) is 13.2 Å². The van der Waals surface area contributed by atoms with Crippen molar-refractivity contribution < 1.29 is 18.3 Å². The van der Waals surface area contributed by atoms with E-state index in [1.54, 1.807) is 0 Å². The molecule has 0 saturated carbocycles. The maximum Gasteiger partial charge on any atom is 0.337 e. The average Bonchev–Trinajstić information content (AvgIpc) is 2.74. The number of aromatic carboxylic acids is 1. The molecule has 0 unspecified atom stereocenters. The fourth-order valence-electron chi connectivity index (χ4n) is 1.54. The van der Waals surface area contributed by atoms with Crippen LogP contribution in [0, 0.1) is 0 Å². The first-order chi connectivity index (χ1) is 8.90. The van der Waals surface area contributed by atoms with E-state index < -0.39 is 21.6 Å². The van der Waals surface area contributed by atoms with Crippen LogP contribution >= 0.6 is 0 Å². The first kappa shape index (κ1) is 13.1. The molecule has 1 heterocycles. The fourth-order valence-corrected chi connectivity index (χ4v) is 2.93. The number of carbonyl (C=O) groups is 1. The van der Waals surface area contributed by atoms with Gasteiger partial charge < -0.3 is 5.11 Å². The molecule has 8 nitrogen and oxygen atoms in total. The van der Waals surface area contributed by atoms with Gasteiger partial charge in [-0.25, -0.2) is 13.2 Å². The number of nitrogens with zero attached hydrogens (tertiary/aromatic N) is 4. The van der Waals surface area contributed by atoms with Crippen LogP contribution in [-0.4, -0.2) is 39.7 Å². The lowest BCUT2D eigenvalue weighted by molar-refractivity contribution is 0.0692. The lowest BCUT2D eigenvalue weighted by atomic mass is 10.2. The third-order valence-electron chi connectivity index (χ3n) is 2.32. The maximum absolute atomic E-state index is 12.2. The molecule has 0 bridgehead atoms. The Hall–Kier alpha value is -2.29. The van der Waals surface area contributed by atoms with Gasteiger partial charge in [0.1, 0.15) is 5.75 Å². The van der Waals surface area contributed by atoms with Gasteiger partial charge in [0.05, 0.1) is 17.5 Å². The van der Waals surface area contributed by atoms with Crippen molar-refractivity contribution in [3.05, 3.63) is 35.7 Å². The first-order valence-corrected chi connectivity index (χ1v) is 6.83. The molecule has 0 spiro atoms. The lowest BCUT2D eigenvalue weighted by Gasteiger charge is -2.05. The number of aromatic nitrogens is 4. The van der Waals surface area contributed by atoms with Crippen LogP contribution in [0.3, 0.4) is 0 Å². The minimum Gasteiger partial charge on any atom is -0.478 e. The minimum atomic E-state index is -3.83. The zero-order valence-corrected chi connectivity index (χ0v) is 10.7. The largest absolute Gasteiger partial charge is 0.478 e. The Morgan fingerprint density at radius 3 is 2.63 bits per heavy atom. The Labute approximate surface area is 108 Å². The summed E-state index contributed by atoms with van der Waals surface area (Å²) in [5, 5.41) is 19.9. The molecule has 0 radical (unpaired) electrons. The van der Waals surface area contributed by atoms with Crippen molar-refractivity contribution in [3.63, 3.8) is 0 Å². The predicted octanol–water partition coefficient (Wildman–Crippen LogP) is -0.118. The zero-order valence-electron chi connectivity index (χ0n) is 9.89. The molecular weight excluding hydrogens is 272 g/mol. The number of benzene rings is 1. The van der Waals surface area contributed by atoms with E-state index in [2.05, 4.69) is 15.4 Å². The van der Waals surface area contributed by atoms with Gasteiger partial charge in [-0.15, -0.1) is 10.2 Å². The Kier molecular flexibility index (Phi) is 3.30. The number of carboxylic acids is 1. The van der Waals surface area contributed by atoms with Gasteiger partial charge in [0.2, 0.25) is 0 Å². The highest BCUT2D eigenvalue weighted by Gasteiger charge is 2.24. The van der Waals surface area contributed by atoms with Crippen molar-refractivity contribution in [3.8, 4) is 0 Å². The van der Waals surface area contributed by atoms with E-state index in [1.807, 2.05) is 0 Å². The lowest BCUT2D eigenvalue weighted by Crippen LogP contribution is -2.12. The Morgan fingerprint density at radius 2 is 2.05 bits per heavy atom. The van der Waals surface area contributed by atoms with Gasteiger partial charge in [0.25, 0.3) is 0 Å². The normalized spacial score (nSPS) is 11.4. The topological polar surface area (TPSA) is 115 Å². The number of hydrogen-bond donors (Lipinski definition) is 1. The summed E-state index contributed by atoms with van der Waals surface area (Å²) in [6, 6.07) is 5.40. The molecular formula is C10H10N4O4S. The molecule has 100 valence electrons. The van der Waals surface area contributed by atoms with E-state index in [1.165, 1.54) is 31.3 Å². The molecule has 1 aromatic carbocycles. The van der Waals surface area contributed by atoms with Gasteiger partial charge in [-0.1, -0.05) is 12.1 Å². The van der Waals surface area contributed by atoms with Crippen molar-refractivity contribution in [1.82, 2.24) is 20.2 Å². The van der Waals surface area contributed by atoms with Gasteiger partial charge >= 0.3 is 5.97 Å². The Balaban J connectivity index is 2.43. The summed E-state index contributed by atoms with van der Waals surface area (Å²) in [6.07, 6.45) is 0. The number of carboxylic acid groups (broad SMARTS) is 1. The van der Waals surface area contributed by atoms with Gasteiger partial charge in [-0.2, -0.15) is 4.80 Å². The molecule has 0 amide bonds. The molecule has 0 saturated heterocycles. The fraction of sp³-hybridized carbons (Fsp3) is 0.200. The predicted molar refractivity (Wildman–Crippen MR) is 63.1 cm³/mol. The molecule has 0 atom stereocenters. The highest BCUT2D eigenvalue weighted by molar-refractivity contribution is 7.90. The van der Waals surface area contributed by atoms with Crippen LogP contribution in [0.5, 0.6) is 0 Å². The van der Waals surface area contributed by atoms with Crippen molar-refractivity contribution >= 4 is 15.8 Å². The van der Waals surface area contributed by atoms with Gasteiger partial charge in [-0.3, -0.25) is 0 Å². The van der Waals surface area contributed by atoms with Crippen LogP contribution in [0.1, 0.15) is 16.2 Å². The standard InChI is InChI=1S/C10H10N4O4S/c1-14-12-9(11-13-14)6-19(17,18)8-5-3-2-4-7(8)10(15)16/h2-5H,6H2,1H3,(H,15,16). The smallest absolute Gasteiger partial charge is 0.337 e. The molecule has 9 heteroatoms. The molecule has 19 heavy (non-hydrogen) atoms. The molecule has 0 aliphatic heterocycles. The van der Waals surface area contributed by atoms with Crippen LogP contribution in [0.4, 0.5) is 0 Å². The monoisotopic (exact) mass is 282 g/mol. The molecule has 1 N–H and O–H groups in total. The third-order valence-corrected chi connectivity index (χ3v) is 3.99. The van der Waals surface area contributed by atoms with E-state index in [0.717, 1.165) is 4.80 Å². The number of tetrazole rings is 1. The first-order valence-electron chi connectivity index (χ1n) is 5.18. The molecule has 0 fully saturated rings. The highest BCUT2D eigenvalue weighted by Crippen LogP contribution is 2.19. The molecule has 2 rings (SSSR count). The molecule has 2 aromatic rings. The van der Waals surface area contributed by atoms with Gasteiger partial charge in [0, 0.05) is 0 Å². The highest BCUT2D eigenvalue weighted by atomic mass is 32.2. The van der Waals surface area contributed by atoms with E-state index in [0.29, 0.717) is 0 Å².